The van der Waals surface area contributed by atoms with E-state index in [0.717, 1.165) is 19.3 Å². The molecule has 1 amide bonds. The third-order valence-electron chi connectivity index (χ3n) is 3.26. The van der Waals surface area contributed by atoms with E-state index in [-0.39, 0.29) is 10.8 Å². The molecule has 118 valence electrons. The van der Waals surface area contributed by atoms with Crippen molar-refractivity contribution in [3.63, 3.8) is 0 Å². The van der Waals surface area contributed by atoms with E-state index in [0.29, 0.717) is 17.7 Å². The topological polar surface area (TPSA) is 63.2 Å². The Hall–Kier alpha value is -1.07. The van der Waals surface area contributed by atoms with Crippen LogP contribution in [0.5, 0.6) is 0 Å². The molecule has 6 heteroatoms. The Morgan fingerprint density at radius 3 is 2.43 bits per heavy atom. The van der Waals surface area contributed by atoms with E-state index < -0.39 is 9.05 Å². The Morgan fingerprint density at radius 2 is 1.86 bits per heavy atom. The Balaban J connectivity index is 2.53. The number of aryl methyl sites for hydroxylation is 1. The molecule has 0 atom stereocenters. The van der Waals surface area contributed by atoms with Crippen molar-refractivity contribution in [3.8, 4) is 0 Å². The fourth-order valence-electron chi connectivity index (χ4n) is 2.03. The van der Waals surface area contributed by atoms with Gasteiger partial charge in [-0.2, -0.15) is 0 Å². The van der Waals surface area contributed by atoms with Crippen LogP contribution in [-0.4, -0.2) is 14.3 Å². The number of nitrogens with one attached hydrogen (secondary N) is 1. The standard InChI is InChI=1S/C15H22ClNO3S/c1-3-4-5-6-7-8-15(18)17-14-10-9-13(11-12(14)2)21(16,19)20/h9-11H,3-8H2,1-2H3,(H,17,18). The van der Waals surface area contributed by atoms with Gasteiger partial charge in [0.05, 0.1) is 4.90 Å². The van der Waals surface area contributed by atoms with Gasteiger partial charge < -0.3 is 5.32 Å². The van der Waals surface area contributed by atoms with Crippen molar-refractivity contribution in [2.24, 2.45) is 0 Å². The van der Waals surface area contributed by atoms with E-state index in [1.807, 2.05) is 0 Å². The van der Waals surface area contributed by atoms with Crippen LogP contribution >= 0.6 is 10.7 Å². The first-order chi connectivity index (χ1) is 9.84. The number of carbonyl (C=O) groups excluding carboxylic acids is 1. The summed E-state index contributed by atoms with van der Waals surface area (Å²) >= 11 is 0. The van der Waals surface area contributed by atoms with Gasteiger partial charge in [-0.15, -0.1) is 0 Å². The van der Waals surface area contributed by atoms with Crippen molar-refractivity contribution >= 4 is 31.3 Å². The van der Waals surface area contributed by atoms with Gasteiger partial charge in [0.25, 0.3) is 9.05 Å². The molecule has 0 aliphatic carbocycles. The Morgan fingerprint density at radius 1 is 1.19 bits per heavy atom. The molecule has 0 saturated heterocycles. The van der Waals surface area contributed by atoms with E-state index >= 15 is 0 Å². The lowest BCUT2D eigenvalue weighted by atomic mass is 10.1. The van der Waals surface area contributed by atoms with Crippen LogP contribution in [0.4, 0.5) is 5.69 Å². The maximum Gasteiger partial charge on any atom is 0.261 e. The van der Waals surface area contributed by atoms with Crippen molar-refractivity contribution in [2.45, 2.75) is 57.3 Å². The second kappa shape index (κ2) is 8.39. The third kappa shape index (κ3) is 6.48. The zero-order valence-corrected chi connectivity index (χ0v) is 14.1. The minimum Gasteiger partial charge on any atom is -0.326 e. The highest BCUT2D eigenvalue weighted by molar-refractivity contribution is 8.13. The van der Waals surface area contributed by atoms with Crippen LogP contribution in [0.15, 0.2) is 23.1 Å². The molecule has 0 radical (unpaired) electrons. The Bertz CT molecular complexity index is 585. The van der Waals surface area contributed by atoms with Gasteiger partial charge in [-0.25, -0.2) is 8.42 Å². The predicted octanol–water partition coefficient (Wildman–Crippen LogP) is 4.22. The van der Waals surface area contributed by atoms with Gasteiger partial charge >= 0.3 is 0 Å². The number of halogens is 1. The van der Waals surface area contributed by atoms with E-state index in [1.165, 1.54) is 25.0 Å². The molecule has 0 fully saturated rings. The van der Waals surface area contributed by atoms with Gasteiger partial charge in [-0.3, -0.25) is 4.79 Å². The van der Waals surface area contributed by atoms with Crippen LogP contribution in [0.25, 0.3) is 0 Å². The largest absolute Gasteiger partial charge is 0.326 e. The molecule has 0 saturated carbocycles. The fraction of sp³-hybridized carbons (Fsp3) is 0.533. The second-order valence-electron chi connectivity index (χ2n) is 5.13. The van der Waals surface area contributed by atoms with Gasteiger partial charge in [-0.1, -0.05) is 32.6 Å². The first-order valence-corrected chi connectivity index (χ1v) is 9.50. The number of hydrogen-bond acceptors (Lipinski definition) is 3. The number of unbranched alkanes of at least 4 members (excludes halogenated alkanes) is 4. The summed E-state index contributed by atoms with van der Waals surface area (Å²) in [6.07, 6.45) is 5.96. The average Bonchev–Trinajstić information content (AvgIpc) is 2.39. The van der Waals surface area contributed by atoms with Crippen LogP contribution in [0.2, 0.25) is 0 Å². The van der Waals surface area contributed by atoms with Gasteiger partial charge in [0.2, 0.25) is 5.91 Å². The molecule has 4 nitrogen and oxygen atoms in total. The maximum absolute atomic E-state index is 11.8. The molecule has 1 aromatic rings. The number of hydrogen-bond donors (Lipinski definition) is 1. The van der Waals surface area contributed by atoms with E-state index in [2.05, 4.69) is 12.2 Å². The van der Waals surface area contributed by atoms with Gasteiger partial charge in [0.1, 0.15) is 0 Å². The summed E-state index contributed by atoms with van der Waals surface area (Å²) in [5.74, 6) is -0.0453. The van der Waals surface area contributed by atoms with Crippen LogP contribution in [0.3, 0.4) is 0 Å². The van der Waals surface area contributed by atoms with Crippen molar-refractivity contribution < 1.29 is 13.2 Å². The number of benzene rings is 1. The lowest BCUT2D eigenvalue weighted by Gasteiger charge is -2.09. The predicted molar refractivity (Wildman–Crippen MR) is 86.2 cm³/mol. The smallest absolute Gasteiger partial charge is 0.261 e. The van der Waals surface area contributed by atoms with Gasteiger partial charge in [-0.05, 0) is 37.1 Å². The summed E-state index contributed by atoms with van der Waals surface area (Å²) in [6, 6.07) is 4.42. The molecule has 0 aliphatic heterocycles. The SMILES string of the molecule is CCCCCCCC(=O)Nc1ccc(S(=O)(=O)Cl)cc1C. The zero-order chi connectivity index (χ0) is 15.9. The molecule has 0 aromatic heterocycles. The molecule has 1 aromatic carbocycles. The molecule has 1 N–H and O–H groups in total. The van der Waals surface area contributed by atoms with E-state index in [1.54, 1.807) is 13.0 Å². The minimum absolute atomic E-state index is 0.0410. The van der Waals surface area contributed by atoms with E-state index in [9.17, 15) is 13.2 Å². The highest BCUT2D eigenvalue weighted by atomic mass is 35.7. The van der Waals surface area contributed by atoms with Crippen LogP contribution in [0, 0.1) is 6.92 Å². The molecule has 0 spiro atoms. The minimum atomic E-state index is -3.73. The van der Waals surface area contributed by atoms with Gasteiger partial charge in [0, 0.05) is 22.8 Å². The lowest BCUT2D eigenvalue weighted by molar-refractivity contribution is -0.116. The van der Waals surface area contributed by atoms with Crippen molar-refractivity contribution in [1.29, 1.82) is 0 Å². The molecule has 0 bridgehead atoms. The Labute approximate surface area is 131 Å². The molecule has 0 aliphatic rings. The second-order valence-corrected chi connectivity index (χ2v) is 7.69. The van der Waals surface area contributed by atoms with Crippen LogP contribution in [0.1, 0.15) is 51.0 Å². The highest BCUT2D eigenvalue weighted by Crippen LogP contribution is 2.22. The lowest BCUT2D eigenvalue weighted by Crippen LogP contribution is -2.12. The number of anilines is 1. The number of amides is 1. The molecule has 21 heavy (non-hydrogen) atoms. The maximum atomic E-state index is 11.8. The normalized spacial score (nSPS) is 11.4. The van der Waals surface area contributed by atoms with Crippen LogP contribution in [-0.2, 0) is 13.8 Å². The summed E-state index contributed by atoms with van der Waals surface area (Å²) in [5.41, 5.74) is 1.30. The summed E-state index contributed by atoms with van der Waals surface area (Å²) in [5, 5.41) is 2.80. The van der Waals surface area contributed by atoms with Gasteiger partial charge in [0.15, 0.2) is 0 Å². The summed E-state index contributed by atoms with van der Waals surface area (Å²) in [4.78, 5) is 11.9. The first-order valence-electron chi connectivity index (χ1n) is 7.19. The average molecular weight is 332 g/mol. The van der Waals surface area contributed by atoms with E-state index in [4.69, 9.17) is 10.7 Å². The third-order valence-corrected chi connectivity index (χ3v) is 4.61. The monoisotopic (exact) mass is 331 g/mol. The molecule has 0 unspecified atom stereocenters. The van der Waals surface area contributed by atoms with Crippen molar-refractivity contribution in [1.82, 2.24) is 0 Å². The molecular weight excluding hydrogens is 310 g/mol. The molecular formula is C15H22ClNO3S. The Kier molecular flexibility index (Phi) is 7.18. The zero-order valence-electron chi connectivity index (χ0n) is 12.5. The molecule has 0 heterocycles. The van der Waals surface area contributed by atoms with Crippen molar-refractivity contribution in [2.75, 3.05) is 5.32 Å². The number of carbonyl (C=O) groups is 1. The molecule has 1 rings (SSSR count). The summed E-state index contributed by atoms with van der Waals surface area (Å²) < 4.78 is 22.4. The first kappa shape index (κ1) is 18.0. The van der Waals surface area contributed by atoms with Crippen molar-refractivity contribution in [3.05, 3.63) is 23.8 Å². The number of rotatable bonds is 8. The highest BCUT2D eigenvalue weighted by Gasteiger charge is 2.12. The summed E-state index contributed by atoms with van der Waals surface area (Å²) in [6.45, 7) is 3.89. The van der Waals surface area contributed by atoms with Crippen LogP contribution < -0.4 is 5.32 Å². The fourth-order valence-corrected chi connectivity index (χ4v) is 2.87. The summed E-state index contributed by atoms with van der Waals surface area (Å²) in [7, 11) is 1.55. The quantitative estimate of drug-likeness (QED) is 0.573.